The SMILES string of the molecule is COc1ccc(NC(=O)COc2c(C)cccc2C)cc1NS(=O)(=O)c1ccc(F)cc1. The minimum absolute atomic E-state index is 0.114. The number of methoxy groups -OCH3 is 1. The van der Waals surface area contributed by atoms with Crippen LogP contribution >= 0.6 is 0 Å². The lowest BCUT2D eigenvalue weighted by Crippen LogP contribution is -2.21. The van der Waals surface area contributed by atoms with Gasteiger partial charge in [0.25, 0.3) is 15.9 Å². The van der Waals surface area contributed by atoms with E-state index in [0.29, 0.717) is 11.4 Å². The van der Waals surface area contributed by atoms with Gasteiger partial charge in [-0.15, -0.1) is 0 Å². The van der Waals surface area contributed by atoms with Crippen molar-refractivity contribution in [3.63, 3.8) is 0 Å². The maximum atomic E-state index is 13.1. The van der Waals surface area contributed by atoms with Gasteiger partial charge < -0.3 is 14.8 Å². The Bertz CT molecular complexity index is 1210. The van der Waals surface area contributed by atoms with Gasteiger partial charge in [-0.3, -0.25) is 9.52 Å². The third-order valence-corrected chi connectivity index (χ3v) is 5.99. The predicted molar refractivity (Wildman–Crippen MR) is 120 cm³/mol. The molecule has 0 fully saturated rings. The number of para-hydroxylation sites is 1. The molecule has 0 heterocycles. The van der Waals surface area contributed by atoms with E-state index in [4.69, 9.17) is 9.47 Å². The first-order chi connectivity index (χ1) is 15.2. The van der Waals surface area contributed by atoms with Crippen LogP contribution in [0.4, 0.5) is 15.8 Å². The van der Waals surface area contributed by atoms with Gasteiger partial charge >= 0.3 is 0 Å². The van der Waals surface area contributed by atoms with Crippen LogP contribution in [0.15, 0.2) is 65.6 Å². The van der Waals surface area contributed by atoms with E-state index >= 15 is 0 Å². The van der Waals surface area contributed by atoms with Crippen molar-refractivity contribution in [2.75, 3.05) is 23.8 Å². The standard InChI is InChI=1S/C23H23FN2O5S/c1-15-5-4-6-16(2)23(15)31-14-22(27)25-18-9-12-21(30-3)20(13-18)26-32(28,29)19-10-7-17(24)8-11-19/h4-13,26H,14H2,1-3H3,(H,25,27). The Morgan fingerprint density at radius 1 is 1.00 bits per heavy atom. The molecular formula is C23H23FN2O5S. The summed E-state index contributed by atoms with van der Waals surface area (Å²) >= 11 is 0. The smallest absolute Gasteiger partial charge is 0.262 e. The van der Waals surface area contributed by atoms with Gasteiger partial charge in [-0.1, -0.05) is 18.2 Å². The molecule has 0 saturated carbocycles. The summed E-state index contributed by atoms with van der Waals surface area (Å²) in [5, 5.41) is 2.67. The molecule has 0 aliphatic rings. The quantitative estimate of drug-likeness (QED) is 0.526. The van der Waals surface area contributed by atoms with Crippen LogP contribution in [0.25, 0.3) is 0 Å². The summed E-state index contributed by atoms with van der Waals surface area (Å²) in [7, 11) is -2.61. The highest BCUT2D eigenvalue weighted by atomic mass is 32.2. The Hall–Kier alpha value is -3.59. The average molecular weight is 459 g/mol. The number of nitrogens with one attached hydrogen (secondary N) is 2. The molecule has 168 valence electrons. The van der Waals surface area contributed by atoms with Crippen LogP contribution in [-0.2, 0) is 14.8 Å². The Labute approximate surface area is 186 Å². The van der Waals surface area contributed by atoms with Gasteiger partial charge in [-0.2, -0.15) is 0 Å². The zero-order chi connectivity index (χ0) is 23.3. The molecule has 0 unspecified atom stereocenters. The lowest BCUT2D eigenvalue weighted by atomic mass is 10.1. The average Bonchev–Trinajstić information content (AvgIpc) is 2.73. The fourth-order valence-corrected chi connectivity index (χ4v) is 4.11. The van der Waals surface area contributed by atoms with Gasteiger partial charge in [0.1, 0.15) is 17.3 Å². The Balaban J connectivity index is 1.74. The highest BCUT2D eigenvalue weighted by Gasteiger charge is 2.18. The number of benzene rings is 3. The van der Waals surface area contributed by atoms with Gasteiger partial charge in [0.2, 0.25) is 0 Å². The number of ether oxygens (including phenoxy) is 2. The number of halogens is 1. The van der Waals surface area contributed by atoms with Crippen LogP contribution < -0.4 is 19.5 Å². The highest BCUT2D eigenvalue weighted by molar-refractivity contribution is 7.92. The van der Waals surface area contributed by atoms with E-state index in [2.05, 4.69) is 10.0 Å². The van der Waals surface area contributed by atoms with Crippen molar-refractivity contribution in [3.8, 4) is 11.5 Å². The summed E-state index contributed by atoms with van der Waals surface area (Å²) in [6.07, 6.45) is 0. The van der Waals surface area contributed by atoms with Crippen LogP contribution in [0.1, 0.15) is 11.1 Å². The molecule has 32 heavy (non-hydrogen) atoms. The number of carbonyl (C=O) groups excluding carboxylic acids is 1. The van der Waals surface area contributed by atoms with E-state index in [1.807, 2.05) is 32.0 Å². The van der Waals surface area contributed by atoms with Crippen molar-refractivity contribution in [3.05, 3.63) is 77.6 Å². The second kappa shape index (κ2) is 9.69. The van der Waals surface area contributed by atoms with Crippen molar-refractivity contribution >= 4 is 27.3 Å². The molecule has 0 saturated heterocycles. The third-order valence-electron chi connectivity index (χ3n) is 4.61. The molecule has 0 aliphatic carbocycles. The van der Waals surface area contributed by atoms with Crippen molar-refractivity contribution < 1.29 is 27.1 Å². The summed E-state index contributed by atoms with van der Waals surface area (Å²) in [5.41, 5.74) is 2.29. The number of anilines is 2. The predicted octanol–water partition coefficient (Wildman–Crippen LogP) is 4.27. The van der Waals surface area contributed by atoms with Crippen molar-refractivity contribution in [1.82, 2.24) is 0 Å². The van der Waals surface area contributed by atoms with Crippen LogP contribution in [0.3, 0.4) is 0 Å². The molecule has 9 heteroatoms. The van der Waals surface area contributed by atoms with Crippen LogP contribution in [0.5, 0.6) is 11.5 Å². The van der Waals surface area contributed by atoms with Gasteiger partial charge in [-0.25, -0.2) is 12.8 Å². The number of hydrogen-bond donors (Lipinski definition) is 2. The molecule has 0 atom stereocenters. The molecular weight excluding hydrogens is 435 g/mol. The topological polar surface area (TPSA) is 93.7 Å². The van der Waals surface area contributed by atoms with E-state index in [9.17, 15) is 17.6 Å². The molecule has 7 nitrogen and oxygen atoms in total. The molecule has 3 rings (SSSR count). The lowest BCUT2D eigenvalue weighted by Gasteiger charge is -2.15. The van der Waals surface area contributed by atoms with E-state index < -0.39 is 21.7 Å². The van der Waals surface area contributed by atoms with Gasteiger partial charge in [-0.05, 0) is 67.4 Å². The Morgan fingerprint density at radius 3 is 2.28 bits per heavy atom. The van der Waals surface area contributed by atoms with Crippen LogP contribution in [-0.4, -0.2) is 28.0 Å². The Morgan fingerprint density at radius 2 is 1.66 bits per heavy atom. The molecule has 0 bridgehead atoms. The van der Waals surface area contributed by atoms with E-state index in [-0.39, 0.29) is 22.9 Å². The third kappa shape index (κ3) is 5.55. The summed E-state index contributed by atoms with van der Waals surface area (Å²) in [5.74, 6) is -0.0647. The minimum atomic E-state index is -4.00. The molecule has 0 aliphatic heterocycles. The van der Waals surface area contributed by atoms with E-state index in [1.165, 1.54) is 19.2 Å². The molecule has 3 aromatic rings. The summed E-state index contributed by atoms with van der Waals surface area (Å²) in [6.45, 7) is 3.57. The summed E-state index contributed by atoms with van der Waals surface area (Å²) in [4.78, 5) is 12.3. The van der Waals surface area contributed by atoms with E-state index in [0.717, 1.165) is 35.4 Å². The zero-order valence-corrected chi connectivity index (χ0v) is 18.6. The maximum Gasteiger partial charge on any atom is 0.262 e. The monoisotopic (exact) mass is 458 g/mol. The second-order valence-corrected chi connectivity index (χ2v) is 8.71. The first kappa shape index (κ1) is 23.1. The minimum Gasteiger partial charge on any atom is -0.495 e. The number of rotatable bonds is 8. The summed E-state index contributed by atoms with van der Waals surface area (Å²) < 4.78 is 51.7. The molecule has 0 radical (unpaired) electrons. The first-order valence-electron chi connectivity index (χ1n) is 9.65. The maximum absolute atomic E-state index is 13.1. The van der Waals surface area contributed by atoms with Crippen LogP contribution in [0.2, 0.25) is 0 Å². The zero-order valence-electron chi connectivity index (χ0n) is 17.8. The fourth-order valence-electron chi connectivity index (χ4n) is 3.04. The number of aryl methyl sites for hydroxylation is 2. The highest BCUT2D eigenvalue weighted by Crippen LogP contribution is 2.30. The summed E-state index contributed by atoms with van der Waals surface area (Å²) in [6, 6.07) is 14.6. The normalized spacial score (nSPS) is 11.0. The Kier molecular flexibility index (Phi) is 6.99. The van der Waals surface area contributed by atoms with E-state index in [1.54, 1.807) is 6.07 Å². The first-order valence-corrected chi connectivity index (χ1v) is 11.1. The second-order valence-electron chi connectivity index (χ2n) is 7.03. The van der Waals surface area contributed by atoms with Crippen molar-refractivity contribution in [2.24, 2.45) is 0 Å². The molecule has 3 aromatic carbocycles. The van der Waals surface area contributed by atoms with Gasteiger partial charge in [0.15, 0.2) is 6.61 Å². The number of amides is 1. The van der Waals surface area contributed by atoms with Crippen LogP contribution in [0, 0.1) is 19.7 Å². The molecule has 1 amide bonds. The lowest BCUT2D eigenvalue weighted by molar-refractivity contribution is -0.118. The fraction of sp³-hybridized carbons (Fsp3) is 0.174. The number of hydrogen-bond acceptors (Lipinski definition) is 5. The number of sulfonamides is 1. The molecule has 0 aromatic heterocycles. The molecule has 0 spiro atoms. The van der Waals surface area contributed by atoms with Crippen molar-refractivity contribution in [2.45, 2.75) is 18.7 Å². The number of carbonyl (C=O) groups is 1. The molecule has 2 N–H and O–H groups in total. The largest absolute Gasteiger partial charge is 0.495 e. The van der Waals surface area contributed by atoms with Gasteiger partial charge in [0.05, 0.1) is 17.7 Å². The van der Waals surface area contributed by atoms with Crippen molar-refractivity contribution in [1.29, 1.82) is 0 Å². The van der Waals surface area contributed by atoms with Gasteiger partial charge in [0, 0.05) is 5.69 Å².